The van der Waals surface area contributed by atoms with Crippen LogP contribution in [0.1, 0.15) is 16.7 Å². The van der Waals surface area contributed by atoms with E-state index in [9.17, 15) is 4.79 Å². The molecule has 0 fully saturated rings. The maximum atomic E-state index is 11.1. The fraction of sp³-hybridized carbons (Fsp3) is 0.143. The van der Waals surface area contributed by atoms with E-state index in [1.54, 1.807) is 18.5 Å². The second-order valence-electron chi connectivity index (χ2n) is 1.95. The average molecular weight is 153 g/mol. The van der Waals surface area contributed by atoms with Crippen LogP contribution in [-0.4, -0.2) is 10.8 Å². The van der Waals surface area contributed by atoms with Gasteiger partial charge in [-0.3, -0.25) is 4.79 Å². The SMILES string of the molecule is C=C(C)C(=O)c1nccs1. The van der Waals surface area contributed by atoms with Crippen LogP contribution in [-0.2, 0) is 0 Å². The third-order valence-corrected chi connectivity index (χ3v) is 1.79. The van der Waals surface area contributed by atoms with Crippen LogP contribution in [0.3, 0.4) is 0 Å². The van der Waals surface area contributed by atoms with Gasteiger partial charge in [0, 0.05) is 11.6 Å². The van der Waals surface area contributed by atoms with E-state index >= 15 is 0 Å². The molecule has 52 valence electrons. The van der Waals surface area contributed by atoms with E-state index in [0.717, 1.165) is 0 Å². The number of hydrogen-bond acceptors (Lipinski definition) is 3. The van der Waals surface area contributed by atoms with Crippen molar-refractivity contribution in [3.8, 4) is 0 Å². The standard InChI is InChI=1S/C7H7NOS/c1-5(2)6(9)7-8-3-4-10-7/h3-4H,1H2,2H3. The zero-order valence-corrected chi connectivity index (χ0v) is 6.44. The van der Waals surface area contributed by atoms with Crippen LogP contribution in [0.15, 0.2) is 23.7 Å². The van der Waals surface area contributed by atoms with Crippen molar-refractivity contribution in [2.24, 2.45) is 0 Å². The summed E-state index contributed by atoms with van der Waals surface area (Å²) in [5.74, 6) is -0.0602. The van der Waals surface area contributed by atoms with E-state index < -0.39 is 0 Å². The minimum absolute atomic E-state index is 0.0602. The topological polar surface area (TPSA) is 30.0 Å². The number of nitrogens with zero attached hydrogens (tertiary/aromatic N) is 1. The molecular weight excluding hydrogens is 146 g/mol. The maximum absolute atomic E-state index is 11.1. The molecule has 0 spiro atoms. The summed E-state index contributed by atoms with van der Waals surface area (Å²) in [5, 5.41) is 2.29. The Balaban J connectivity index is 2.88. The summed E-state index contributed by atoms with van der Waals surface area (Å²) in [6.45, 7) is 5.21. The highest BCUT2D eigenvalue weighted by atomic mass is 32.1. The number of allylic oxidation sites excluding steroid dienone is 1. The largest absolute Gasteiger partial charge is 0.286 e. The van der Waals surface area contributed by atoms with Crippen molar-refractivity contribution >= 4 is 17.1 Å². The Bertz CT molecular complexity index is 251. The molecule has 1 heterocycles. The van der Waals surface area contributed by atoms with Gasteiger partial charge in [0.1, 0.15) is 0 Å². The molecule has 0 aliphatic carbocycles. The summed E-state index contributed by atoms with van der Waals surface area (Å²) >= 11 is 1.34. The minimum Gasteiger partial charge on any atom is -0.286 e. The highest BCUT2D eigenvalue weighted by Crippen LogP contribution is 2.08. The van der Waals surface area contributed by atoms with Gasteiger partial charge in [-0.05, 0) is 12.5 Å². The molecule has 1 rings (SSSR count). The smallest absolute Gasteiger partial charge is 0.216 e. The van der Waals surface area contributed by atoms with Gasteiger partial charge in [-0.2, -0.15) is 0 Å². The Hall–Kier alpha value is -0.960. The lowest BCUT2D eigenvalue weighted by Crippen LogP contribution is -1.97. The van der Waals surface area contributed by atoms with Gasteiger partial charge in [0.2, 0.25) is 5.78 Å². The van der Waals surface area contributed by atoms with Crippen LogP contribution in [0.4, 0.5) is 0 Å². The molecule has 2 nitrogen and oxygen atoms in total. The van der Waals surface area contributed by atoms with Gasteiger partial charge in [0.15, 0.2) is 5.01 Å². The van der Waals surface area contributed by atoms with Crippen LogP contribution < -0.4 is 0 Å². The summed E-state index contributed by atoms with van der Waals surface area (Å²) in [7, 11) is 0. The van der Waals surface area contributed by atoms with Gasteiger partial charge in [-0.15, -0.1) is 11.3 Å². The Morgan fingerprint density at radius 3 is 2.90 bits per heavy atom. The van der Waals surface area contributed by atoms with Gasteiger partial charge in [0.25, 0.3) is 0 Å². The van der Waals surface area contributed by atoms with Crippen molar-refractivity contribution in [2.75, 3.05) is 0 Å². The second-order valence-corrected chi connectivity index (χ2v) is 2.84. The lowest BCUT2D eigenvalue weighted by molar-refractivity contribution is 0.103. The number of hydrogen-bond donors (Lipinski definition) is 0. The predicted molar refractivity (Wildman–Crippen MR) is 41.3 cm³/mol. The number of aromatic nitrogens is 1. The van der Waals surface area contributed by atoms with E-state index in [2.05, 4.69) is 11.6 Å². The fourth-order valence-corrected chi connectivity index (χ4v) is 1.17. The average Bonchev–Trinajstić information content (AvgIpc) is 2.36. The van der Waals surface area contributed by atoms with Crippen molar-refractivity contribution in [3.05, 3.63) is 28.7 Å². The number of rotatable bonds is 2. The predicted octanol–water partition coefficient (Wildman–Crippen LogP) is 1.90. The van der Waals surface area contributed by atoms with E-state index in [1.807, 2.05) is 0 Å². The molecule has 10 heavy (non-hydrogen) atoms. The Morgan fingerprint density at radius 1 is 1.80 bits per heavy atom. The Kier molecular flexibility index (Phi) is 1.97. The monoisotopic (exact) mass is 153 g/mol. The molecule has 0 radical (unpaired) electrons. The molecule has 0 aliphatic heterocycles. The number of ketones is 1. The first-order valence-electron chi connectivity index (χ1n) is 2.81. The highest BCUT2D eigenvalue weighted by Gasteiger charge is 2.07. The molecule has 0 bridgehead atoms. The first-order valence-corrected chi connectivity index (χ1v) is 3.69. The summed E-state index contributed by atoms with van der Waals surface area (Å²) in [5.41, 5.74) is 0.537. The molecule has 1 aromatic heterocycles. The van der Waals surface area contributed by atoms with E-state index in [0.29, 0.717) is 10.6 Å². The van der Waals surface area contributed by atoms with Gasteiger partial charge in [-0.25, -0.2) is 4.98 Å². The van der Waals surface area contributed by atoms with Crippen molar-refractivity contribution in [1.29, 1.82) is 0 Å². The molecule has 0 atom stereocenters. The summed E-state index contributed by atoms with van der Waals surface area (Å²) < 4.78 is 0. The third kappa shape index (κ3) is 1.30. The molecule has 0 saturated heterocycles. The third-order valence-electron chi connectivity index (χ3n) is 1.01. The quantitative estimate of drug-likeness (QED) is 0.480. The highest BCUT2D eigenvalue weighted by molar-refractivity contribution is 7.11. The van der Waals surface area contributed by atoms with E-state index in [4.69, 9.17) is 0 Å². The Labute approximate surface area is 63.2 Å². The normalized spacial score (nSPS) is 9.30. The Morgan fingerprint density at radius 2 is 2.50 bits per heavy atom. The van der Waals surface area contributed by atoms with Crippen LogP contribution in [0, 0.1) is 0 Å². The summed E-state index contributed by atoms with van der Waals surface area (Å²) in [4.78, 5) is 14.9. The molecule has 0 aliphatic rings. The molecule has 0 saturated carbocycles. The lowest BCUT2D eigenvalue weighted by Gasteiger charge is -1.89. The van der Waals surface area contributed by atoms with Crippen molar-refractivity contribution < 1.29 is 4.79 Å². The summed E-state index contributed by atoms with van der Waals surface area (Å²) in [6.07, 6.45) is 1.61. The number of thiazole rings is 1. The van der Waals surface area contributed by atoms with Crippen molar-refractivity contribution in [2.45, 2.75) is 6.92 Å². The first kappa shape index (κ1) is 7.15. The van der Waals surface area contributed by atoms with Crippen molar-refractivity contribution in [3.63, 3.8) is 0 Å². The maximum Gasteiger partial charge on any atom is 0.216 e. The van der Waals surface area contributed by atoms with E-state index in [-0.39, 0.29) is 5.78 Å². The zero-order chi connectivity index (χ0) is 7.56. The van der Waals surface area contributed by atoms with Gasteiger partial charge < -0.3 is 0 Å². The van der Waals surface area contributed by atoms with Gasteiger partial charge in [0.05, 0.1) is 0 Å². The molecule has 3 heteroatoms. The number of carbonyl (C=O) groups is 1. The van der Waals surface area contributed by atoms with Crippen molar-refractivity contribution in [1.82, 2.24) is 4.98 Å². The zero-order valence-electron chi connectivity index (χ0n) is 5.63. The minimum atomic E-state index is -0.0602. The van der Waals surface area contributed by atoms with Gasteiger partial charge in [-0.1, -0.05) is 6.58 Å². The van der Waals surface area contributed by atoms with Crippen LogP contribution in [0.5, 0.6) is 0 Å². The molecule has 1 aromatic rings. The van der Waals surface area contributed by atoms with Crippen LogP contribution in [0.2, 0.25) is 0 Å². The first-order chi connectivity index (χ1) is 4.72. The number of Topliss-reactive ketones (excluding diaryl/α,β-unsaturated/α-hetero) is 1. The molecular formula is C7H7NOS. The lowest BCUT2D eigenvalue weighted by atomic mass is 10.2. The molecule has 0 unspecified atom stereocenters. The number of carbonyl (C=O) groups excluding carboxylic acids is 1. The summed E-state index contributed by atoms with van der Waals surface area (Å²) in [6, 6.07) is 0. The second kappa shape index (κ2) is 2.75. The molecule has 0 N–H and O–H groups in total. The van der Waals surface area contributed by atoms with Crippen LogP contribution >= 0.6 is 11.3 Å². The molecule has 0 amide bonds. The molecule has 0 aromatic carbocycles. The fourth-order valence-electron chi connectivity index (χ4n) is 0.518. The van der Waals surface area contributed by atoms with Gasteiger partial charge >= 0.3 is 0 Å². The van der Waals surface area contributed by atoms with Crippen LogP contribution in [0.25, 0.3) is 0 Å². The van der Waals surface area contributed by atoms with E-state index in [1.165, 1.54) is 11.3 Å².